The average molecular weight is 266 g/mol. The molecule has 0 bridgehead atoms. The van der Waals surface area contributed by atoms with Gasteiger partial charge >= 0.3 is 0 Å². The fourth-order valence-corrected chi connectivity index (χ4v) is 2.34. The van der Waals surface area contributed by atoms with Crippen LogP contribution in [0.2, 0.25) is 0 Å². The van der Waals surface area contributed by atoms with Crippen molar-refractivity contribution < 1.29 is 4.79 Å². The summed E-state index contributed by atoms with van der Waals surface area (Å²) in [4.78, 5) is 14.2. The van der Waals surface area contributed by atoms with Gasteiger partial charge < -0.3 is 10.2 Å². The highest BCUT2D eigenvalue weighted by Gasteiger charge is 2.21. The van der Waals surface area contributed by atoms with Gasteiger partial charge in [-0.05, 0) is 36.2 Å². The third kappa shape index (κ3) is 4.27. The van der Waals surface area contributed by atoms with Gasteiger partial charge in [-0.2, -0.15) is 0 Å². The minimum absolute atomic E-state index is 0.0921. The maximum absolute atomic E-state index is 12.3. The van der Waals surface area contributed by atoms with E-state index in [0.717, 1.165) is 38.9 Å². The Labute approximate surface area is 113 Å². The van der Waals surface area contributed by atoms with E-state index in [1.807, 2.05) is 4.90 Å². The molecule has 1 saturated heterocycles. The predicted molar refractivity (Wildman–Crippen MR) is 70.3 cm³/mol. The highest BCUT2D eigenvalue weighted by Crippen LogP contribution is 2.08. The van der Waals surface area contributed by atoms with Crippen molar-refractivity contribution in [3.05, 3.63) is 6.33 Å². The lowest BCUT2D eigenvalue weighted by molar-refractivity contribution is -0.132. The molecule has 1 amide bonds. The van der Waals surface area contributed by atoms with Crippen molar-refractivity contribution in [2.45, 2.75) is 45.2 Å². The van der Waals surface area contributed by atoms with Crippen molar-refractivity contribution in [2.24, 2.45) is 0 Å². The van der Waals surface area contributed by atoms with Crippen LogP contribution in [0.15, 0.2) is 6.33 Å². The molecule has 106 valence electrons. The fraction of sp³-hybridized carbons (Fsp3) is 0.833. The lowest BCUT2D eigenvalue weighted by Gasteiger charge is -2.25. The Morgan fingerprint density at radius 2 is 2.47 bits per heavy atom. The number of tetrazole rings is 1. The predicted octanol–water partition coefficient (Wildman–Crippen LogP) is 0.0538. The molecule has 1 unspecified atom stereocenters. The quantitative estimate of drug-likeness (QED) is 0.755. The summed E-state index contributed by atoms with van der Waals surface area (Å²) in [7, 11) is 0. The second-order valence-corrected chi connectivity index (χ2v) is 4.99. The average Bonchev–Trinajstić information content (AvgIpc) is 3.07. The molecule has 1 atom stereocenters. The first kappa shape index (κ1) is 13.9. The molecule has 1 fully saturated rings. The van der Waals surface area contributed by atoms with Crippen LogP contribution in [0.25, 0.3) is 0 Å². The zero-order valence-corrected chi connectivity index (χ0v) is 11.5. The molecule has 1 N–H and O–H groups in total. The Morgan fingerprint density at radius 1 is 1.58 bits per heavy atom. The van der Waals surface area contributed by atoms with E-state index in [1.54, 1.807) is 0 Å². The number of carbonyl (C=O) groups excluding carboxylic acids is 1. The monoisotopic (exact) mass is 266 g/mol. The molecule has 2 rings (SSSR count). The van der Waals surface area contributed by atoms with E-state index in [2.05, 4.69) is 27.8 Å². The van der Waals surface area contributed by atoms with E-state index in [4.69, 9.17) is 0 Å². The SMILES string of the molecule is CCCCN(CC1CCCN1)C(=O)Cn1cnnn1. The molecule has 1 aliphatic heterocycles. The van der Waals surface area contributed by atoms with E-state index in [1.165, 1.54) is 17.4 Å². The fourth-order valence-electron chi connectivity index (χ4n) is 2.34. The van der Waals surface area contributed by atoms with Crippen LogP contribution in [-0.2, 0) is 11.3 Å². The number of nitrogens with one attached hydrogen (secondary N) is 1. The number of unbranched alkanes of at least 4 members (excludes halogenated alkanes) is 1. The number of hydrogen-bond acceptors (Lipinski definition) is 5. The largest absolute Gasteiger partial charge is 0.340 e. The molecule has 7 heteroatoms. The molecule has 7 nitrogen and oxygen atoms in total. The Kier molecular flexibility index (Phi) is 5.26. The van der Waals surface area contributed by atoms with E-state index >= 15 is 0 Å². The number of amides is 1. The number of carbonyl (C=O) groups is 1. The minimum Gasteiger partial charge on any atom is -0.340 e. The molecular formula is C12H22N6O. The summed E-state index contributed by atoms with van der Waals surface area (Å²) in [6, 6.07) is 0.440. The molecule has 1 aromatic rings. The summed E-state index contributed by atoms with van der Waals surface area (Å²) < 4.78 is 1.48. The van der Waals surface area contributed by atoms with Gasteiger partial charge in [0.15, 0.2) is 0 Å². The molecular weight excluding hydrogens is 244 g/mol. The maximum Gasteiger partial charge on any atom is 0.244 e. The maximum atomic E-state index is 12.3. The Morgan fingerprint density at radius 3 is 3.11 bits per heavy atom. The van der Waals surface area contributed by atoms with Crippen LogP contribution in [0.3, 0.4) is 0 Å². The molecule has 0 spiro atoms. The van der Waals surface area contributed by atoms with Gasteiger partial charge in [-0.15, -0.1) is 5.10 Å². The van der Waals surface area contributed by atoms with Crippen LogP contribution in [0.1, 0.15) is 32.6 Å². The molecule has 0 radical (unpaired) electrons. The normalized spacial score (nSPS) is 18.7. The zero-order chi connectivity index (χ0) is 13.5. The van der Waals surface area contributed by atoms with Crippen molar-refractivity contribution in [2.75, 3.05) is 19.6 Å². The van der Waals surface area contributed by atoms with Gasteiger partial charge in [0.2, 0.25) is 5.91 Å². The van der Waals surface area contributed by atoms with E-state index in [0.29, 0.717) is 6.04 Å². The first-order valence-electron chi connectivity index (χ1n) is 7.01. The topological polar surface area (TPSA) is 75.9 Å². The lowest BCUT2D eigenvalue weighted by atomic mass is 10.2. The molecule has 0 aliphatic carbocycles. The standard InChI is InChI=1S/C12H22N6O/c1-2-3-7-17(8-11-5-4-6-13-11)12(19)9-18-10-14-15-16-18/h10-11,13H,2-9H2,1H3. The molecule has 1 aliphatic rings. The van der Waals surface area contributed by atoms with E-state index in [-0.39, 0.29) is 12.5 Å². The summed E-state index contributed by atoms with van der Waals surface area (Å²) >= 11 is 0. The third-order valence-electron chi connectivity index (χ3n) is 3.43. The first-order valence-corrected chi connectivity index (χ1v) is 7.01. The minimum atomic E-state index is 0.0921. The van der Waals surface area contributed by atoms with Gasteiger partial charge in [0.25, 0.3) is 0 Å². The van der Waals surface area contributed by atoms with E-state index < -0.39 is 0 Å². The van der Waals surface area contributed by atoms with Crippen molar-refractivity contribution in [1.82, 2.24) is 30.4 Å². The molecule has 1 aromatic heterocycles. The van der Waals surface area contributed by atoms with Crippen molar-refractivity contribution >= 4 is 5.91 Å². The van der Waals surface area contributed by atoms with Crippen LogP contribution in [-0.4, -0.2) is 56.7 Å². The highest BCUT2D eigenvalue weighted by molar-refractivity contribution is 5.75. The number of aromatic nitrogens is 4. The van der Waals surface area contributed by atoms with Crippen LogP contribution in [0, 0.1) is 0 Å². The second-order valence-electron chi connectivity index (χ2n) is 4.99. The molecule has 19 heavy (non-hydrogen) atoms. The summed E-state index contributed by atoms with van der Waals surface area (Å²) in [5, 5.41) is 14.3. The Balaban J connectivity index is 1.88. The van der Waals surface area contributed by atoms with Gasteiger partial charge in [-0.3, -0.25) is 4.79 Å². The smallest absolute Gasteiger partial charge is 0.244 e. The Bertz CT molecular complexity index is 374. The molecule has 0 aromatic carbocycles. The van der Waals surface area contributed by atoms with Crippen LogP contribution in [0.4, 0.5) is 0 Å². The van der Waals surface area contributed by atoms with Crippen molar-refractivity contribution in [3.63, 3.8) is 0 Å². The summed E-state index contributed by atoms with van der Waals surface area (Å²) in [6.07, 6.45) is 5.96. The molecule has 0 saturated carbocycles. The second kappa shape index (κ2) is 7.18. The summed E-state index contributed by atoms with van der Waals surface area (Å²) in [5.74, 6) is 0.0921. The van der Waals surface area contributed by atoms with Gasteiger partial charge in [0.05, 0.1) is 0 Å². The van der Waals surface area contributed by atoms with Crippen LogP contribution < -0.4 is 5.32 Å². The van der Waals surface area contributed by atoms with E-state index in [9.17, 15) is 4.79 Å². The van der Waals surface area contributed by atoms with Crippen molar-refractivity contribution in [3.8, 4) is 0 Å². The highest BCUT2D eigenvalue weighted by atomic mass is 16.2. The van der Waals surface area contributed by atoms with Gasteiger partial charge in [-0.1, -0.05) is 13.3 Å². The zero-order valence-electron chi connectivity index (χ0n) is 11.5. The number of hydrogen-bond donors (Lipinski definition) is 1. The molecule has 2 heterocycles. The number of nitrogens with zero attached hydrogens (tertiary/aromatic N) is 5. The summed E-state index contributed by atoms with van der Waals surface area (Å²) in [5.41, 5.74) is 0. The van der Waals surface area contributed by atoms with Crippen LogP contribution >= 0.6 is 0 Å². The third-order valence-corrected chi connectivity index (χ3v) is 3.43. The summed E-state index contributed by atoms with van der Waals surface area (Å²) in [6.45, 7) is 5.03. The lowest BCUT2D eigenvalue weighted by Crippen LogP contribution is -2.43. The van der Waals surface area contributed by atoms with Gasteiger partial charge in [-0.25, -0.2) is 4.68 Å². The van der Waals surface area contributed by atoms with Crippen molar-refractivity contribution in [1.29, 1.82) is 0 Å². The van der Waals surface area contributed by atoms with Crippen LogP contribution in [0.5, 0.6) is 0 Å². The Hall–Kier alpha value is -1.50. The van der Waals surface area contributed by atoms with Gasteiger partial charge in [0.1, 0.15) is 12.9 Å². The van der Waals surface area contributed by atoms with Gasteiger partial charge in [0, 0.05) is 19.1 Å². The number of rotatable bonds is 7. The first-order chi connectivity index (χ1) is 9.29.